The molecule has 0 saturated heterocycles. The number of hydrogen-bond donors (Lipinski definition) is 1. The second kappa shape index (κ2) is 4.72. The van der Waals surface area contributed by atoms with E-state index in [-0.39, 0.29) is 12.4 Å². The molecule has 13 heavy (non-hydrogen) atoms. The largest absolute Gasteiger partial charge is 0.487 e. The molecule has 0 fully saturated rings. The quantitative estimate of drug-likeness (QED) is 0.763. The van der Waals surface area contributed by atoms with Gasteiger partial charge in [0.2, 0.25) is 0 Å². The fraction of sp³-hybridized carbons (Fsp3) is 0.111. The molecule has 1 rings (SSSR count). The predicted molar refractivity (Wildman–Crippen MR) is 51.3 cm³/mol. The molecule has 70 valence electrons. The minimum absolute atomic E-state index is 0.275. The molecule has 0 unspecified atom stereocenters. The highest BCUT2D eigenvalue weighted by Gasteiger charge is 2.00. The smallest absolute Gasteiger partial charge is 0.145 e. The first-order valence-electron chi connectivity index (χ1n) is 3.67. The van der Waals surface area contributed by atoms with Gasteiger partial charge < -0.3 is 10.5 Å². The van der Waals surface area contributed by atoms with Crippen molar-refractivity contribution in [2.24, 2.45) is 0 Å². The zero-order valence-electron chi connectivity index (χ0n) is 6.84. The van der Waals surface area contributed by atoms with Gasteiger partial charge in [-0.1, -0.05) is 11.6 Å². The fourth-order valence-corrected chi connectivity index (χ4v) is 0.880. The second-order valence-corrected chi connectivity index (χ2v) is 2.61. The highest BCUT2D eigenvalue weighted by Crippen LogP contribution is 2.21. The number of rotatable bonds is 3. The number of benzene rings is 1. The molecule has 0 bridgehead atoms. The molecule has 2 nitrogen and oxygen atoms in total. The van der Waals surface area contributed by atoms with Crippen LogP contribution in [-0.4, -0.2) is 6.61 Å². The standard InChI is InChI=1S/C9H9ClFNO/c10-4-1-5-13-9-6-7(11)2-3-8(9)12/h1-4,6H,5,12H2/b4-1+. The molecule has 1 aromatic carbocycles. The number of halogens is 2. The summed E-state index contributed by atoms with van der Waals surface area (Å²) in [5.41, 5.74) is 7.26. The zero-order valence-corrected chi connectivity index (χ0v) is 7.59. The van der Waals surface area contributed by atoms with Crippen molar-refractivity contribution in [3.8, 4) is 5.75 Å². The van der Waals surface area contributed by atoms with Gasteiger partial charge in [0.25, 0.3) is 0 Å². The molecular weight excluding hydrogens is 193 g/mol. The van der Waals surface area contributed by atoms with E-state index < -0.39 is 0 Å². The third-order valence-corrected chi connectivity index (χ3v) is 1.58. The first-order chi connectivity index (χ1) is 6.24. The van der Waals surface area contributed by atoms with Crippen LogP contribution in [-0.2, 0) is 0 Å². The molecule has 0 aliphatic rings. The predicted octanol–water partition coefficient (Wildman–Crippen LogP) is 2.54. The van der Waals surface area contributed by atoms with Gasteiger partial charge in [-0.3, -0.25) is 0 Å². The molecule has 0 radical (unpaired) electrons. The van der Waals surface area contributed by atoms with Gasteiger partial charge in [0.1, 0.15) is 18.2 Å². The summed E-state index contributed by atoms with van der Waals surface area (Å²) in [4.78, 5) is 0. The summed E-state index contributed by atoms with van der Waals surface area (Å²) in [6, 6.07) is 3.96. The summed E-state index contributed by atoms with van der Waals surface area (Å²) in [7, 11) is 0. The highest BCUT2D eigenvalue weighted by molar-refractivity contribution is 6.25. The van der Waals surface area contributed by atoms with Crippen LogP contribution in [0, 0.1) is 5.82 Å². The van der Waals surface area contributed by atoms with Crippen molar-refractivity contribution in [2.45, 2.75) is 0 Å². The van der Waals surface area contributed by atoms with Crippen molar-refractivity contribution in [1.29, 1.82) is 0 Å². The molecule has 0 atom stereocenters. The molecule has 0 spiro atoms. The number of anilines is 1. The van der Waals surface area contributed by atoms with E-state index in [0.717, 1.165) is 0 Å². The fourth-order valence-electron chi connectivity index (χ4n) is 0.807. The summed E-state index contributed by atoms with van der Waals surface area (Å²) in [5.74, 6) is -0.0474. The molecule has 2 N–H and O–H groups in total. The van der Waals surface area contributed by atoms with Gasteiger partial charge in [0, 0.05) is 11.6 Å². The lowest BCUT2D eigenvalue weighted by Crippen LogP contribution is -1.98. The van der Waals surface area contributed by atoms with E-state index in [1.165, 1.54) is 23.7 Å². The number of nitrogens with two attached hydrogens (primary N) is 1. The van der Waals surface area contributed by atoms with E-state index in [4.69, 9.17) is 22.1 Å². The third kappa shape index (κ3) is 2.95. The van der Waals surface area contributed by atoms with Crippen LogP contribution >= 0.6 is 11.6 Å². The van der Waals surface area contributed by atoms with Gasteiger partial charge >= 0.3 is 0 Å². The Kier molecular flexibility index (Phi) is 3.58. The Morgan fingerprint density at radius 3 is 3.00 bits per heavy atom. The molecule has 0 saturated carbocycles. The maximum Gasteiger partial charge on any atom is 0.145 e. The van der Waals surface area contributed by atoms with Gasteiger partial charge in [-0.05, 0) is 18.2 Å². The average molecular weight is 202 g/mol. The Bertz CT molecular complexity index is 314. The van der Waals surface area contributed by atoms with E-state index in [2.05, 4.69) is 0 Å². The molecule has 1 aromatic rings. The van der Waals surface area contributed by atoms with Crippen molar-refractivity contribution in [3.05, 3.63) is 35.6 Å². The van der Waals surface area contributed by atoms with Crippen molar-refractivity contribution >= 4 is 17.3 Å². The maximum absolute atomic E-state index is 12.7. The third-order valence-electron chi connectivity index (χ3n) is 1.40. The second-order valence-electron chi connectivity index (χ2n) is 2.35. The van der Waals surface area contributed by atoms with Crippen molar-refractivity contribution in [1.82, 2.24) is 0 Å². The van der Waals surface area contributed by atoms with Crippen LogP contribution in [0.1, 0.15) is 0 Å². The lowest BCUT2D eigenvalue weighted by molar-refractivity contribution is 0.362. The summed E-state index contributed by atoms with van der Waals surface area (Å²) in [6.45, 7) is 0.275. The van der Waals surface area contributed by atoms with Gasteiger partial charge in [-0.15, -0.1) is 0 Å². The lowest BCUT2D eigenvalue weighted by Gasteiger charge is -2.05. The van der Waals surface area contributed by atoms with E-state index in [1.54, 1.807) is 6.08 Å². The van der Waals surface area contributed by atoms with E-state index in [9.17, 15) is 4.39 Å². The van der Waals surface area contributed by atoms with Crippen molar-refractivity contribution in [3.63, 3.8) is 0 Å². The minimum Gasteiger partial charge on any atom is -0.487 e. The topological polar surface area (TPSA) is 35.2 Å². The summed E-state index contributed by atoms with van der Waals surface area (Å²) in [6.07, 6.45) is 1.59. The first-order valence-corrected chi connectivity index (χ1v) is 4.10. The van der Waals surface area contributed by atoms with Crippen LogP contribution in [0.5, 0.6) is 5.75 Å². The van der Waals surface area contributed by atoms with Crippen LogP contribution in [0.2, 0.25) is 0 Å². The average Bonchev–Trinajstić information content (AvgIpc) is 2.11. The Hall–Kier alpha value is -1.22. The van der Waals surface area contributed by atoms with Crippen molar-refractivity contribution < 1.29 is 9.13 Å². The SMILES string of the molecule is Nc1ccc(F)cc1OC/C=C/Cl. The molecule has 0 aliphatic heterocycles. The van der Waals surface area contributed by atoms with Gasteiger partial charge in [0.05, 0.1) is 5.69 Å². The molecular formula is C9H9ClFNO. The Morgan fingerprint density at radius 2 is 2.31 bits per heavy atom. The van der Waals surface area contributed by atoms with Gasteiger partial charge in [0.15, 0.2) is 0 Å². The van der Waals surface area contributed by atoms with Crippen LogP contribution < -0.4 is 10.5 Å². The Morgan fingerprint density at radius 1 is 1.54 bits per heavy atom. The maximum atomic E-state index is 12.7. The normalized spacial score (nSPS) is 10.6. The molecule has 0 aromatic heterocycles. The van der Waals surface area contributed by atoms with Gasteiger partial charge in [-0.2, -0.15) is 0 Å². The monoisotopic (exact) mass is 201 g/mol. The summed E-state index contributed by atoms with van der Waals surface area (Å²) in [5, 5.41) is 0. The zero-order chi connectivity index (χ0) is 9.68. The molecule has 4 heteroatoms. The molecule has 0 heterocycles. The number of hydrogen-bond acceptors (Lipinski definition) is 2. The number of ether oxygens (including phenoxy) is 1. The highest BCUT2D eigenvalue weighted by atomic mass is 35.5. The lowest BCUT2D eigenvalue weighted by atomic mass is 10.3. The van der Waals surface area contributed by atoms with E-state index in [0.29, 0.717) is 11.4 Å². The van der Waals surface area contributed by atoms with Crippen LogP contribution in [0.15, 0.2) is 29.8 Å². The summed E-state index contributed by atoms with van der Waals surface area (Å²) >= 11 is 5.27. The number of nitrogen functional groups attached to an aromatic ring is 1. The first kappa shape index (κ1) is 9.86. The van der Waals surface area contributed by atoms with Crippen LogP contribution in [0.3, 0.4) is 0 Å². The van der Waals surface area contributed by atoms with Crippen LogP contribution in [0.25, 0.3) is 0 Å². The minimum atomic E-state index is -0.376. The van der Waals surface area contributed by atoms with E-state index >= 15 is 0 Å². The Labute approximate surface area is 80.8 Å². The van der Waals surface area contributed by atoms with E-state index in [1.807, 2.05) is 0 Å². The Balaban J connectivity index is 2.69. The van der Waals surface area contributed by atoms with Gasteiger partial charge in [-0.25, -0.2) is 4.39 Å². The molecule has 0 aliphatic carbocycles. The van der Waals surface area contributed by atoms with Crippen molar-refractivity contribution in [2.75, 3.05) is 12.3 Å². The van der Waals surface area contributed by atoms with Crippen LogP contribution in [0.4, 0.5) is 10.1 Å². The molecule has 0 amide bonds. The summed E-state index contributed by atoms with van der Waals surface area (Å²) < 4.78 is 17.8.